The number of aliphatic hydroxyl groups excluding tert-OH is 1. The van der Waals surface area contributed by atoms with Crippen LogP contribution in [0.1, 0.15) is 131 Å². The third kappa shape index (κ3) is 9.36. The van der Waals surface area contributed by atoms with E-state index in [0.717, 1.165) is 73.8 Å². The lowest BCUT2D eigenvalue weighted by Gasteiger charge is -2.43. The summed E-state index contributed by atoms with van der Waals surface area (Å²) in [5.74, 6) is 7.91. The number of rotatable bonds is 11. The number of methoxy groups -OCH3 is 1. The molecule has 3 aliphatic carbocycles. The maximum Gasteiger partial charge on any atom is 0.160 e. The number of nitrogens with two attached hydrogens (primary N) is 1. The Morgan fingerprint density at radius 2 is 1.80 bits per heavy atom. The van der Waals surface area contributed by atoms with E-state index in [9.17, 15) is 19.8 Å². The van der Waals surface area contributed by atoms with Gasteiger partial charge in [0, 0.05) is 43.1 Å². The lowest BCUT2D eigenvalue weighted by molar-refractivity contribution is -0.130. The molecular weight excluding hydrogens is 735 g/mol. The summed E-state index contributed by atoms with van der Waals surface area (Å²) in [4.78, 5) is 32.1. The number of carbonyl (C=O) groups is 2. The van der Waals surface area contributed by atoms with Gasteiger partial charge in [-0.1, -0.05) is 88.3 Å². The Morgan fingerprint density at radius 3 is 2.49 bits per heavy atom. The number of aromatic nitrogens is 1. The van der Waals surface area contributed by atoms with Crippen molar-refractivity contribution < 1.29 is 24.5 Å². The van der Waals surface area contributed by atoms with Crippen molar-refractivity contribution in [2.45, 2.75) is 122 Å². The lowest BCUT2D eigenvalue weighted by atomic mass is 9.62. The molecule has 59 heavy (non-hydrogen) atoms. The first kappa shape index (κ1) is 42.4. The van der Waals surface area contributed by atoms with E-state index in [0.29, 0.717) is 43.3 Å². The zero-order valence-electron chi connectivity index (χ0n) is 35.6. The molecule has 6 N–H and O–H groups in total. The summed E-state index contributed by atoms with van der Waals surface area (Å²) in [6.07, 6.45) is 15.2. The van der Waals surface area contributed by atoms with Gasteiger partial charge in [-0.25, -0.2) is 0 Å². The Balaban J connectivity index is 1.37. The van der Waals surface area contributed by atoms with Gasteiger partial charge in [-0.15, -0.1) is 0 Å². The minimum absolute atomic E-state index is 0.0262. The number of phenolic OH excluding ortho intramolecular Hbond substituents is 1. The van der Waals surface area contributed by atoms with Crippen molar-refractivity contribution >= 4 is 11.6 Å². The third-order valence-corrected chi connectivity index (χ3v) is 14.3. The van der Waals surface area contributed by atoms with E-state index in [2.05, 4.69) is 79.5 Å². The molecule has 7 atom stereocenters. The quantitative estimate of drug-likeness (QED) is 0.0965. The van der Waals surface area contributed by atoms with Crippen LogP contribution in [0.4, 0.5) is 0 Å². The van der Waals surface area contributed by atoms with Crippen molar-refractivity contribution in [3.05, 3.63) is 106 Å². The van der Waals surface area contributed by atoms with Crippen LogP contribution in [0.15, 0.2) is 78.3 Å². The number of phenols is 1. The maximum absolute atomic E-state index is 14.8. The van der Waals surface area contributed by atoms with E-state index in [4.69, 9.17) is 10.5 Å². The van der Waals surface area contributed by atoms with Gasteiger partial charge < -0.3 is 31.0 Å². The van der Waals surface area contributed by atoms with Crippen molar-refractivity contribution in [2.24, 2.45) is 40.7 Å². The van der Waals surface area contributed by atoms with Crippen LogP contribution in [0, 0.1) is 46.8 Å². The van der Waals surface area contributed by atoms with Gasteiger partial charge in [0.1, 0.15) is 11.6 Å². The molecule has 0 spiro atoms. The first-order valence-electron chi connectivity index (χ1n) is 22.3. The second kappa shape index (κ2) is 18.7. The minimum Gasteiger partial charge on any atom is -0.504 e. The SMILES string of the molecule is CCCC(C(O)Cc1cc(C(C)C)c[nH]1)C1CC2C(=O)CC(=O)CCc3cc(OC)c(O)cc3C(c3ccccc3)C#CC2CC(C2(C3=CCNC(N)=C3)CCCC2)C1. The summed E-state index contributed by atoms with van der Waals surface area (Å²) in [6, 6.07) is 15.9. The van der Waals surface area contributed by atoms with Crippen LogP contribution in [0.2, 0.25) is 0 Å². The first-order valence-corrected chi connectivity index (χ1v) is 22.3. The van der Waals surface area contributed by atoms with E-state index < -0.39 is 17.9 Å². The standard InChI is InChI=1S/C51H65N3O5/c1-5-11-43(46(56)28-40-24-37(31-54-40)32(2)3)36-23-39(51(19-9-10-20-51)38-18-21-53-50(52)27-38)22-34-15-17-42(33-12-7-6-8-13-33)44-30-48(58)49(59-4)26-35(44)14-16-41(55)29-47(57)45(34)25-36/h6-8,12-13,18,24,26-27,30-32,34,36,39,42-43,45-46,53-54,56,58H,5,9-11,14,16,19-23,25,28-29,52H2,1-4H3. The zero-order chi connectivity index (χ0) is 41.7. The van der Waals surface area contributed by atoms with Gasteiger partial charge in [-0.2, -0.15) is 0 Å². The summed E-state index contributed by atoms with van der Waals surface area (Å²) in [7, 11) is 1.53. The largest absolute Gasteiger partial charge is 0.504 e. The molecule has 2 aromatic carbocycles. The Labute approximate surface area is 351 Å². The number of aromatic amines is 1. The van der Waals surface area contributed by atoms with Crippen LogP contribution >= 0.6 is 0 Å². The zero-order valence-corrected chi connectivity index (χ0v) is 35.6. The number of ether oxygens (including phenoxy) is 1. The molecule has 3 aromatic rings. The smallest absolute Gasteiger partial charge is 0.160 e. The molecule has 2 saturated carbocycles. The fourth-order valence-corrected chi connectivity index (χ4v) is 11.2. The maximum atomic E-state index is 14.8. The monoisotopic (exact) mass is 799 g/mol. The molecule has 8 heteroatoms. The highest BCUT2D eigenvalue weighted by Gasteiger charge is 2.50. The molecule has 4 aliphatic rings. The molecule has 8 nitrogen and oxygen atoms in total. The molecule has 1 aromatic heterocycles. The molecule has 0 saturated heterocycles. The number of aryl methyl sites for hydroxylation is 1. The Morgan fingerprint density at radius 1 is 1.02 bits per heavy atom. The molecule has 314 valence electrons. The molecule has 7 rings (SSSR count). The number of nitrogens with one attached hydrogen (secondary N) is 2. The average Bonchev–Trinajstić information content (AvgIpc) is 3.88. The fourth-order valence-electron chi connectivity index (χ4n) is 11.2. The molecule has 2 heterocycles. The van der Waals surface area contributed by atoms with Gasteiger partial charge in [0.15, 0.2) is 11.5 Å². The summed E-state index contributed by atoms with van der Waals surface area (Å²) in [5, 5.41) is 26.7. The van der Waals surface area contributed by atoms with Crippen molar-refractivity contribution in [3.8, 4) is 23.3 Å². The van der Waals surface area contributed by atoms with E-state index in [1.54, 1.807) is 6.07 Å². The summed E-state index contributed by atoms with van der Waals surface area (Å²) < 4.78 is 5.52. The number of hydrogen-bond acceptors (Lipinski definition) is 7. The van der Waals surface area contributed by atoms with Crippen LogP contribution in [0.5, 0.6) is 11.5 Å². The predicted octanol–water partition coefficient (Wildman–Crippen LogP) is 9.02. The van der Waals surface area contributed by atoms with Crippen LogP contribution < -0.4 is 15.8 Å². The summed E-state index contributed by atoms with van der Waals surface area (Å²) >= 11 is 0. The highest BCUT2D eigenvalue weighted by atomic mass is 16.5. The number of carbonyl (C=O) groups excluding carboxylic acids is 2. The van der Waals surface area contributed by atoms with Crippen molar-refractivity contribution in [1.29, 1.82) is 0 Å². The van der Waals surface area contributed by atoms with Crippen LogP contribution in [-0.4, -0.2) is 46.5 Å². The molecule has 0 amide bonds. The number of fused-ring (bicyclic) bond motifs is 2. The number of hydrogen-bond donors (Lipinski definition) is 5. The number of benzene rings is 2. The summed E-state index contributed by atoms with van der Waals surface area (Å²) in [5.41, 5.74) is 12.6. The fraction of sp³-hybridized carbons (Fsp3) is 0.529. The topological polar surface area (TPSA) is 138 Å². The third-order valence-electron chi connectivity index (χ3n) is 14.3. The van der Waals surface area contributed by atoms with Gasteiger partial charge >= 0.3 is 0 Å². The Kier molecular flexibility index (Phi) is 13.4. The molecular formula is C51H65N3O5. The van der Waals surface area contributed by atoms with E-state index >= 15 is 0 Å². The van der Waals surface area contributed by atoms with Crippen molar-refractivity contribution in [1.82, 2.24) is 10.3 Å². The van der Waals surface area contributed by atoms with E-state index in [1.165, 1.54) is 18.2 Å². The number of H-pyrrole nitrogens is 1. The minimum atomic E-state index is -0.596. The molecule has 0 bridgehead atoms. The molecule has 0 radical (unpaired) electrons. The number of Topliss-reactive ketones (excluding diaryl/α,β-unsaturated/α-hetero) is 2. The normalized spacial score (nSPS) is 25.7. The predicted molar refractivity (Wildman–Crippen MR) is 234 cm³/mol. The first-order chi connectivity index (χ1) is 28.5. The molecule has 7 unspecified atom stereocenters. The average molecular weight is 800 g/mol. The second-order valence-electron chi connectivity index (χ2n) is 18.3. The van der Waals surface area contributed by atoms with Gasteiger partial charge in [0.25, 0.3) is 0 Å². The number of aromatic hydroxyl groups is 1. The number of ketones is 2. The Hall–Kier alpha value is -4.74. The van der Waals surface area contributed by atoms with Crippen molar-refractivity contribution in [3.63, 3.8) is 0 Å². The lowest BCUT2D eigenvalue weighted by Crippen LogP contribution is -2.37. The van der Waals surface area contributed by atoms with Gasteiger partial charge in [-0.05, 0) is 126 Å². The van der Waals surface area contributed by atoms with Gasteiger partial charge in [-0.3, -0.25) is 9.59 Å². The van der Waals surface area contributed by atoms with E-state index in [-0.39, 0.29) is 59.2 Å². The molecule has 1 aliphatic heterocycles. The summed E-state index contributed by atoms with van der Waals surface area (Å²) in [6.45, 7) is 7.23. The highest BCUT2D eigenvalue weighted by molar-refractivity contribution is 6.00. The highest BCUT2D eigenvalue weighted by Crippen LogP contribution is 2.57. The number of aliphatic hydroxyl groups is 1. The van der Waals surface area contributed by atoms with Crippen LogP contribution in [0.3, 0.4) is 0 Å². The molecule has 2 fully saturated rings. The van der Waals surface area contributed by atoms with Gasteiger partial charge in [0.2, 0.25) is 0 Å². The number of allylic oxidation sites excluding steroid dienone is 2. The van der Waals surface area contributed by atoms with E-state index in [1.807, 2.05) is 24.3 Å². The number of dihydropyridines is 1. The van der Waals surface area contributed by atoms with Gasteiger partial charge in [0.05, 0.1) is 31.4 Å². The van der Waals surface area contributed by atoms with Crippen LogP contribution in [0.25, 0.3) is 0 Å². The second-order valence-corrected chi connectivity index (χ2v) is 18.3. The van der Waals surface area contributed by atoms with Crippen molar-refractivity contribution in [2.75, 3.05) is 13.7 Å². The Bertz CT molecular complexity index is 2080. The van der Waals surface area contributed by atoms with Crippen LogP contribution in [-0.2, 0) is 22.4 Å².